The highest BCUT2D eigenvalue weighted by atomic mass is 15.2. The maximum absolute atomic E-state index is 3.47. The number of benzene rings is 1. The van der Waals surface area contributed by atoms with Crippen LogP contribution in [-0.2, 0) is 6.42 Å². The molecule has 1 saturated heterocycles. The SMILES string of the molecule is CCCN(CCCc1ccccc1)C1CCNCC1. The number of rotatable bonds is 7. The zero-order valence-electron chi connectivity index (χ0n) is 12.3. The summed E-state index contributed by atoms with van der Waals surface area (Å²) in [5.74, 6) is 0. The molecule has 1 fully saturated rings. The molecule has 0 aliphatic carbocycles. The molecule has 1 N–H and O–H groups in total. The molecule has 1 aliphatic rings. The molecule has 0 saturated carbocycles. The Balaban J connectivity index is 1.76. The van der Waals surface area contributed by atoms with E-state index in [1.807, 2.05) is 0 Å². The number of nitrogens with zero attached hydrogens (tertiary/aromatic N) is 1. The molecule has 106 valence electrons. The fraction of sp³-hybridized carbons (Fsp3) is 0.647. The van der Waals surface area contributed by atoms with Gasteiger partial charge in [-0.1, -0.05) is 37.3 Å². The van der Waals surface area contributed by atoms with Gasteiger partial charge in [-0.25, -0.2) is 0 Å². The van der Waals surface area contributed by atoms with Crippen molar-refractivity contribution in [3.05, 3.63) is 35.9 Å². The number of piperidine rings is 1. The smallest absolute Gasteiger partial charge is 0.0119 e. The molecule has 0 amide bonds. The lowest BCUT2D eigenvalue weighted by Crippen LogP contribution is -2.44. The van der Waals surface area contributed by atoms with Gasteiger partial charge in [-0.2, -0.15) is 0 Å². The van der Waals surface area contributed by atoms with Crippen molar-refractivity contribution in [2.75, 3.05) is 26.2 Å². The number of hydrogen-bond donors (Lipinski definition) is 1. The minimum Gasteiger partial charge on any atom is -0.317 e. The lowest BCUT2D eigenvalue weighted by molar-refractivity contribution is 0.160. The van der Waals surface area contributed by atoms with Gasteiger partial charge in [-0.05, 0) is 63.8 Å². The van der Waals surface area contributed by atoms with Gasteiger partial charge in [0.2, 0.25) is 0 Å². The van der Waals surface area contributed by atoms with Crippen LogP contribution in [-0.4, -0.2) is 37.1 Å². The van der Waals surface area contributed by atoms with Gasteiger partial charge in [0.1, 0.15) is 0 Å². The van der Waals surface area contributed by atoms with Crippen LogP contribution in [0.2, 0.25) is 0 Å². The van der Waals surface area contributed by atoms with Gasteiger partial charge >= 0.3 is 0 Å². The Morgan fingerprint density at radius 2 is 1.84 bits per heavy atom. The van der Waals surface area contributed by atoms with Crippen molar-refractivity contribution in [3.8, 4) is 0 Å². The van der Waals surface area contributed by atoms with Crippen LogP contribution in [0, 0.1) is 0 Å². The maximum Gasteiger partial charge on any atom is 0.0119 e. The molecule has 0 bridgehead atoms. The van der Waals surface area contributed by atoms with Crippen molar-refractivity contribution in [1.29, 1.82) is 0 Å². The molecule has 0 radical (unpaired) electrons. The summed E-state index contributed by atoms with van der Waals surface area (Å²) in [6.45, 7) is 7.21. The van der Waals surface area contributed by atoms with E-state index >= 15 is 0 Å². The molecular weight excluding hydrogens is 232 g/mol. The molecule has 1 aromatic rings. The standard InChI is InChI=1S/C17H28N2/c1-2-14-19(17-10-12-18-13-11-17)15-6-9-16-7-4-3-5-8-16/h3-5,7-8,17-18H,2,6,9-15H2,1H3. The highest BCUT2D eigenvalue weighted by Gasteiger charge is 2.19. The molecule has 0 unspecified atom stereocenters. The van der Waals surface area contributed by atoms with E-state index in [1.54, 1.807) is 0 Å². The van der Waals surface area contributed by atoms with E-state index in [2.05, 4.69) is 47.5 Å². The summed E-state index contributed by atoms with van der Waals surface area (Å²) >= 11 is 0. The van der Waals surface area contributed by atoms with E-state index in [1.165, 1.54) is 63.8 Å². The molecule has 0 spiro atoms. The summed E-state index contributed by atoms with van der Waals surface area (Å²) in [6, 6.07) is 11.7. The van der Waals surface area contributed by atoms with E-state index in [-0.39, 0.29) is 0 Å². The average molecular weight is 260 g/mol. The second-order valence-electron chi connectivity index (χ2n) is 5.61. The Kier molecular flexibility index (Phi) is 6.38. The lowest BCUT2D eigenvalue weighted by atomic mass is 10.0. The third-order valence-electron chi connectivity index (χ3n) is 4.09. The van der Waals surface area contributed by atoms with E-state index < -0.39 is 0 Å². The Morgan fingerprint density at radius 1 is 1.11 bits per heavy atom. The van der Waals surface area contributed by atoms with Crippen LogP contribution >= 0.6 is 0 Å². The minimum atomic E-state index is 0.817. The summed E-state index contributed by atoms with van der Waals surface area (Å²) in [5, 5.41) is 3.47. The van der Waals surface area contributed by atoms with Crippen LogP contribution in [0.3, 0.4) is 0 Å². The van der Waals surface area contributed by atoms with Crippen molar-refractivity contribution in [2.24, 2.45) is 0 Å². The second kappa shape index (κ2) is 8.34. The Bertz CT molecular complexity index is 330. The monoisotopic (exact) mass is 260 g/mol. The fourth-order valence-corrected chi connectivity index (χ4v) is 3.07. The first-order chi connectivity index (χ1) is 9.40. The molecular formula is C17H28N2. The molecule has 19 heavy (non-hydrogen) atoms. The molecule has 0 atom stereocenters. The summed E-state index contributed by atoms with van der Waals surface area (Å²) in [5.41, 5.74) is 1.48. The van der Waals surface area contributed by atoms with Gasteiger partial charge in [-0.3, -0.25) is 0 Å². The highest BCUT2D eigenvalue weighted by Crippen LogP contribution is 2.14. The Labute approximate surface area is 118 Å². The maximum atomic E-state index is 3.47. The van der Waals surface area contributed by atoms with Crippen molar-refractivity contribution >= 4 is 0 Å². The molecule has 1 heterocycles. The van der Waals surface area contributed by atoms with Gasteiger partial charge in [0.05, 0.1) is 0 Å². The van der Waals surface area contributed by atoms with Crippen molar-refractivity contribution in [2.45, 2.75) is 45.1 Å². The topological polar surface area (TPSA) is 15.3 Å². The first-order valence-electron chi connectivity index (χ1n) is 7.89. The predicted octanol–water partition coefficient (Wildman–Crippen LogP) is 3.08. The minimum absolute atomic E-state index is 0.817. The summed E-state index contributed by atoms with van der Waals surface area (Å²) in [4.78, 5) is 2.73. The number of hydrogen-bond acceptors (Lipinski definition) is 2. The van der Waals surface area contributed by atoms with Gasteiger partial charge in [0, 0.05) is 6.04 Å². The van der Waals surface area contributed by atoms with Crippen LogP contribution < -0.4 is 5.32 Å². The van der Waals surface area contributed by atoms with Gasteiger partial charge in [0.15, 0.2) is 0 Å². The first kappa shape index (κ1) is 14.5. The lowest BCUT2D eigenvalue weighted by Gasteiger charge is -2.34. The van der Waals surface area contributed by atoms with Gasteiger partial charge in [-0.15, -0.1) is 0 Å². The van der Waals surface area contributed by atoms with Crippen LogP contribution in [0.1, 0.15) is 38.2 Å². The summed E-state index contributed by atoms with van der Waals surface area (Å²) in [6.07, 6.45) is 6.42. The third-order valence-corrected chi connectivity index (χ3v) is 4.09. The number of nitrogens with one attached hydrogen (secondary N) is 1. The second-order valence-corrected chi connectivity index (χ2v) is 5.61. The first-order valence-corrected chi connectivity index (χ1v) is 7.89. The van der Waals surface area contributed by atoms with Gasteiger partial charge < -0.3 is 10.2 Å². The summed E-state index contributed by atoms with van der Waals surface area (Å²) in [7, 11) is 0. The normalized spacial score (nSPS) is 16.9. The zero-order valence-corrected chi connectivity index (χ0v) is 12.3. The average Bonchev–Trinajstić information content (AvgIpc) is 2.48. The Hall–Kier alpha value is -0.860. The largest absolute Gasteiger partial charge is 0.317 e. The van der Waals surface area contributed by atoms with Crippen LogP contribution in [0.25, 0.3) is 0 Å². The van der Waals surface area contributed by atoms with Gasteiger partial charge in [0.25, 0.3) is 0 Å². The van der Waals surface area contributed by atoms with Crippen LogP contribution in [0.4, 0.5) is 0 Å². The zero-order chi connectivity index (χ0) is 13.3. The van der Waals surface area contributed by atoms with Crippen molar-refractivity contribution in [3.63, 3.8) is 0 Å². The molecule has 2 heteroatoms. The number of aryl methyl sites for hydroxylation is 1. The highest BCUT2D eigenvalue weighted by molar-refractivity contribution is 5.14. The molecule has 2 rings (SSSR count). The van der Waals surface area contributed by atoms with E-state index in [0.29, 0.717) is 0 Å². The molecule has 2 nitrogen and oxygen atoms in total. The summed E-state index contributed by atoms with van der Waals surface area (Å²) < 4.78 is 0. The fourth-order valence-electron chi connectivity index (χ4n) is 3.07. The third kappa shape index (κ3) is 4.96. The van der Waals surface area contributed by atoms with E-state index in [9.17, 15) is 0 Å². The predicted molar refractivity (Wildman–Crippen MR) is 82.5 cm³/mol. The molecule has 1 aliphatic heterocycles. The van der Waals surface area contributed by atoms with Crippen molar-refractivity contribution in [1.82, 2.24) is 10.2 Å². The quantitative estimate of drug-likeness (QED) is 0.810. The molecule has 1 aromatic carbocycles. The van der Waals surface area contributed by atoms with Crippen LogP contribution in [0.15, 0.2) is 30.3 Å². The van der Waals surface area contributed by atoms with E-state index in [4.69, 9.17) is 0 Å². The van der Waals surface area contributed by atoms with E-state index in [0.717, 1.165) is 6.04 Å². The van der Waals surface area contributed by atoms with Crippen molar-refractivity contribution < 1.29 is 0 Å². The Morgan fingerprint density at radius 3 is 2.53 bits per heavy atom. The van der Waals surface area contributed by atoms with Crippen LogP contribution in [0.5, 0.6) is 0 Å². The molecule has 0 aromatic heterocycles.